The third-order valence-corrected chi connectivity index (χ3v) is 15.7. The van der Waals surface area contributed by atoms with Crippen LogP contribution < -0.4 is 26.6 Å². The molecule has 480 valence electrons. The van der Waals surface area contributed by atoms with E-state index in [-0.39, 0.29) is 55.8 Å². The molecule has 1 fully saturated rings. The lowest BCUT2D eigenvalue weighted by molar-refractivity contribution is -0.151. The van der Waals surface area contributed by atoms with Gasteiger partial charge in [-0.1, -0.05) is 109 Å². The lowest BCUT2D eigenvalue weighted by atomic mass is 9.91. The van der Waals surface area contributed by atoms with Crippen molar-refractivity contribution in [3.63, 3.8) is 0 Å². The second kappa shape index (κ2) is 34.7. The molecule has 23 heteroatoms. The molecule has 0 aromatic carbocycles. The first-order valence-electron chi connectivity index (χ1n) is 30.2. The van der Waals surface area contributed by atoms with Crippen LogP contribution in [0.4, 0.5) is 0 Å². The Morgan fingerprint density at radius 3 is 1.26 bits per heavy atom. The minimum atomic E-state index is -1.61. The third-order valence-electron chi connectivity index (χ3n) is 15.7. The lowest BCUT2D eigenvalue weighted by Crippen LogP contribution is -2.63. The Morgan fingerprint density at radius 1 is 0.464 bits per heavy atom. The van der Waals surface area contributed by atoms with Crippen LogP contribution in [-0.4, -0.2) is 215 Å². The maximum absolute atomic E-state index is 14.9. The van der Waals surface area contributed by atoms with Gasteiger partial charge in [0.05, 0.1) is 12.6 Å². The summed E-state index contributed by atoms with van der Waals surface area (Å²) in [7, 11) is 8.42. The van der Waals surface area contributed by atoms with E-state index in [1.54, 1.807) is 60.6 Å². The zero-order valence-electron chi connectivity index (χ0n) is 55.1. The quantitative estimate of drug-likeness (QED) is 0.129. The molecule has 23 nitrogen and oxygen atoms in total. The van der Waals surface area contributed by atoms with Crippen molar-refractivity contribution >= 4 is 65.0 Å². The molecule has 0 unspecified atom stereocenters. The second-order valence-corrected chi connectivity index (χ2v) is 25.7. The number of aliphatic hydroxyl groups is 1. The number of nitrogens with one attached hydrogen (secondary N) is 5. The Labute approximate surface area is 502 Å². The fourth-order valence-electron chi connectivity index (χ4n) is 10.2. The SMILES string of the molecule is C/C=C/C[C@@H](C)[C@@H](O)[C@H]1C(=O)N[C@H](CC)C(=O)N(C)CC(=O)N(C)[C@@H](CC(C)C)C(=O)N[C@@H](C(C)C)C(=O)N(C)[C@H](CC(C)C)C(=O)N[C@@H](C)C(=O)N[C@H](C)C(=O)N(C)[C@@H](CC(C)C)C(=O)N(C)[C@@H](CC(C)C)C(=O)N[C@H](C(C)C)C(=O)N1C. The van der Waals surface area contributed by atoms with Crippen LogP contribution in [-0.2, 0) is 52.7 Å². The van der Waals surface area contributed by atoms with Crippen molar-refractivity contribution in [3.8, 4) is 0 Å². The molecular formula is C61H109N11O12. The molecule has 12 atom stereocenters. The molecule has 1 saturated heterocycles. The van der Waals surface area contributed by atoms with Crippen molar-refractivity contribution in [1.82, 2.24) is 56.0 Å². The minimum absolute atomic E-state index is 0.0217. The van der Waals surface area contributed by atoms with Gasteiger partial charge in [0, 0.05) is 42.3 Å². The van der Waals surface area contributed by atoms with Crippen molar-refractivity contribution < 1.29 is 57.8 Å². The molecule has 0 aromatic heterocycles. The number of carbonyl (C=O) groups is 11. The molecule has 0 bridgehead atoms. The molecule has 84 heavy (non-hydrogen) atoms. The second-order valence-electron chi connectivity index (χ2n) is 25.7. The van der Waals surface area contributed by atoms with Crippen LogP contribution in [0.2, 0.25) is 0 Å². The topological polar surface area (TPSA) is 288 Å². The van der Waals surface area contributed by atoms with E-state index in [2.05, 4.69) is 26.6 Å². The zero-order chi connectivity index (χ0) is 65.1. The van der Waals surface area contributed by atoms with Crippen LogP contribution in [0, 0.1) is 41.4 Å². The van der Waals surface area contributed by atoms with Gasteiger partial charge >= 0.3 is 0 Å². The monoisotopic (exact) mass is 1190 g/mol. The van der Waals surface area contributed by atoms with E-state index < -0.39 is 156 Å². The number of hydrogen-bond acceptors (Lipinski definition) is 12. The van der Waals surface area contributed by atoms with E-state index >= 15 is 0 Å². The number of amides is 11. The van der Waals surface area contributed by atoms with Crippen LogP contribution >= 0.6 is 0 Å². The highest BCUT2D eigenvalue weighted by Crippen LogP contribution is 2.23. The molecule has 1 aliphatic heterocycles. The molecule has 0 saturated carbocycles. The van der Waals surface area contributed by atoms with Gasteiger partial charge in [-0.05, 0) is 101 Å². The standard InChI is InChI=1S/C61H109N11O12/c1-24-26-27-39(15)51(74)50-56(79)64-42(25-2)58(81)67(18)32-47(73)68(19)43(28-33(3)4)54(77)65-48(37(11)12)60(83)70(21)44(29-34(5)6)53(76)62-40(16)52(75)63-41(17)57(80)71(22)46(31-36(9)10)59(82)69(20)45(30-35(7)8)55(78)66-49(38(13)14)61(84)72(50)23/h24,26,33-46,48-51,74H,25,27-32H2,1-23H3,(H,62,76)(H,63,75)(H,64,79)(H,65,77)(H,66,78)/b26-24+/t39-,40+,41-,42-,43+,44-,45+,46+,48+,49-,50+,51-/m1/s1. The first-order chi connectivity index (χ1) is 38.8. The highest BCUT2D eigenvalue weighted by atomic mass is 16.3. The molecular weight excluding hydrogens is 1080 g/mol. The van der Waals surface area contributed by atoms with Gasteiger partial charge in [0.2, 0.25) is 65.0 Å². The number of likely N-dealkylation sites (N-methyl/N-ethyl adjacent to an activating group) is 6. The van der Waals surface area contributed by atoms with Gasteiger partial charge in [-0.15, -0.1) is 0 Å². The first kappa shape index (κ1) is 75.9. The highest BCUT2D eigenvalue weighted by molar-refractivity contribution is 5.99. The summed E-state index contributed by atoms with van der Waals surface area (Å²) >= 11 is 0. The van der Waals surface area contributed by atoms with Gasteiger partial charge in [0.1, 0.15) is 60.4 Å². The van der Waals surface area contributed by atoms with Crippen LogP contribution in [0.15, 0.2) is 12.2 Å². The number of allylic oxidation sites excluding steroid dienone is 2. The minimum Gasteiger partial charge on any atom is -0.390 e. The summed E-state index contributed by atoms with van der Waals surface area (Å²) in [6.07, 6.45) is 3.01. The summed E-state index contributed by atoms with van der Waals surface area (Å²) in [5.74, 6) is -9.87. The van der Waals surface area contributed by atoms with Crippen LogP contribution in [0.25, 0.3) is 0 Å². The van der Waals surface area contributed by atoms with Crippen molar-refractivity contribution in [2.24, 2.45) is 41.4 Å². The van der Waals surface area contributed by atoms with Gasteiger partial charge < -0.3 is 61.1 Å². The molecule has 1 rings (SSSR count). The Balaban J connectivity index is 4.26. The predicted molar refractivity (Wildman–Crippen MR) is 324 cm³/mol. The maximum atomic E-state index is 14.9. The summed E-state index contributed by atoms with van der Waals surface area (Å²) in [6.45, 7) is 29.2. The van der Waals surface area contributed by atoms with E-state index in [0.29, 0.717) is 6.42 Å². The van der Waals surface area contributed by atoms with Gasteiger partial charge in [-0.2, -0.15) is 0 Å². The Bertz CT molecular complexity index is 2290. The number of carbonyl (C=O) groups excluding carboxylic acids is 11. The smallest absolute Gasteiger partial charge is 0.246 e. The van der Waals surface area contributed by atoms with Gasteiger partial charge in [0.15, 0.2) is 0 Å². The number of hydrogen-bond donors (Lipinski definition) is 6. The summed E-state index contributed by atoms with van der Waals surface area (Å²) in [6, 6.07) is -12.4. The van der Waals surface area contributed by atoms with Crippen molar-refractivity contribution in [3.05, 3.63) is 12.2 Å². The van der Waals surface area contributed by atoms with Gasteiger partial charge in [-0.3, -0.25) is 52.7 Å². The molecule has 6 N–H and O–H groups in total. The van der Waals surface area contributed by atoms with Crippen LogP contribution in [0.1, 0.15) is 156 Å². The molecule has 11 amide bonds. The summed E-state index contributed by atoms with van der Waals surface area (Å²) < 4.78 is 0. The maximum Gasteiger partial charge on any atom is 0.246 e. The van der Waals surface area contributed by atoms with E-state index in [9.17, 15) is 57.8 Å². The average molecular weight is 1190 g/mol. The van der Waals surface area contributed by atoms with Crippen LogP contribution in [0.5, 0.6) is 0 Å². The molecule has 0 aromatic rings. The van der Waals surface area contributed by atoms with Crippen LogP contribution in [0.3, 0.4) is 0 Å². The lowest BCUT2D eigenvalue weighted by Gasteiger charge is -2.39. The zero-order valence-corrected chi connectivity index (χ0v) is 55.1. The average Bonchev–Trinajstić information content (AvgIpc) is 3.62. The highest BCUT2D eigenvalue weighted by Gasteiger charge is 2.44. The Morgan fingerprint density at radius 2 is 0.845 bits per heavy atom. The molecule has 0 spiro atoms. The first-order valence-corrected chi connectivity index (χ1v) is 30.2. The number of rotatable bonds is 15. The number of nitrogens with zero attached hydrogens (tertiary/aromatic N) is 6. The normalized spacial score (nSPS) is 27.0. The van der Waals surface area contributed by atoms with Gasteiger partial charge in [-0.25, -0.2) is 0 Å². The van der Waals surface area contributed by atoms with E-state index in [1.807, 2.05) is 55.4 Å². The molecule has 1 heterocycles. The summed E-state index contributed by atoms with van der Waals surface area (Å²) in [5.41, 5.74) is 0. The fraction of sp³-hybridized carbons (Fsp3) is 0.787. The Kier molecular flexibility index (Phi) is 31.4. The van der Waals surface area contributed by atoms with Gasteiger partial charge in [0.25, 0.3) is 0 Å². The van der Waals surface area contributed by atoms with E-state index in [4.69, 9.17) is 0 Å². The van der Waals surface area contributed by atoms with Crippen molar-refractivity contribution in [1.29, 1.82) is 0 Å². The fourth-order valence-corrected chi connectivity index (χ4v) is 10.2. The largest absolute Gasteiger partial charge is 0.390 e. The molecule has 0 radical (unpaired) electrons. The summed E-state index contributed by atoms with van der Waals surface area (Å²) in [4.78, 5) is 166. The Hall–Kier alpha value is -6.13. The van der Waals surface area contributed by atoms with E-state index in [0.717, 1.165) is 9.80 Å². The molecule has 1 aliphatic rings. The van der Waals surface area contributed by atoms with Crippen molar-refractivity contribution in [2.75, 3.05) is 48.8 Å². The number of aliphatic hydroxyl groups excluding tert-OH is 1. The predicted octanol–water partition coefficient (Wildman–Crippen LogP) is 2.93. The van der Waals surface area contributed by atoms with Crippen molar-refractivity contribution in [2.45, 2.75) is 223 Å². The molecule has 0 aliphatic carbocycles. The van der Waals surface area contributed by atoms with E-state index in [1.165, 1.54) is 75.7 Å². The summed E-state index contributed by atoms with van der Waals surface area (Å²) in [5, 5.41) is 25.8. The third kappa shape index (κ3) is 21.7.